The van der Waals surface area contributed by atoms with Gasteiger partial charge in [0, 0.05) is 17.1 Å². The molecule has 4 rings (SSSR count). The van der Waals surface area contributed by atoms with Gasteiger partial charge in [0.2, 0.25) is 15.9 Å². The van der Waals surface area contributed by atoms with Crippen molar-refractivity contribution in [2.75, 3.05) is 19.7 Å². The average Bonchev–Trinajstić information content (AvgIpc) is 3.39. The number of sulfonamides is 1. The number of carbonyl (C=O) groups is 2. The fourth-order valence-corrected chi connectivity index (χ4v) is 7.26. The standard InChI is InChI=1S/C30H32BrClN2O6S/c31-24-11-14-28(27(32)18-24)41(38,39)34(15-16-40-26-13-10-22-7-4-8-23(22)17-26)20-29(35)33-25(19-30(36)37)12-9-21-5-2-1-3-6-21/h1-3,5-6,10-11,13-14,17-18,25H,4,7-9,12,15-16,19-20H2,(H,33,35)(H,36,37). The van der Waals surface area contributed by atoms with E-state index in [1.807, 2.05) is 48.5 Å². The van der Waals surface area contributed by atoms with Crippen LogP contribution < -0.4 is 10.1 Å². The fourth-order valence-electron chi connectivity index (χ4n) is 4.87. The van der Waals surface area contributed by atoms with Gasteiger partial charge in [0.1, 0.15) is 17.3 Å². The molecule has 1 amide bonds. The van der Waals surface area contributed by atoms with Gasteiger partial charge in [0.15, 0.2) is 0 Å². The van der Waals surface area contributed by atoms with Crippen molar-refractivity contribution >= 4 is 49.4 Å². The zero-order valence-electron chi connectivity index (χ0n) is 22.4. The van der Waals surface area contributed by atoms with Crippen molar-refractivity contribution in [3.8, 4) is 5.75 Å². The lowest BCUT2D eigenvalue weighted by Gasteiger charge is -2.24. The molecule has 0 bridgehead atoms. The lowest BCUT2D eigenvalue weighted by Crippen LogP contribution is -2.46. The van der Waals surface area contributed by atoms with Crippen LogP contribution in [0.25, 0.3) is 0 Å². The van der Waals surface area contributed by atoms with Gasteiger partial charge in [-0.15, -0.1) is 0 Å². The monoisotopic (exact) mass is 662 g/mol. The Balaban J connectivity index is 1.48. The van der Waals surface area contributed by atoms with E-state index >= 15 is 0 Å². The Morgan fingerprint density at radius 2 is 1.80 bits per heavy atom. The number of halogens is 2. The van der Waals surface area contributed by atoms with Crippen molar-refractivity contribution in [1.29, 1.82) is 0 Å². The first kappa shape index (κ1) is 31.0. The molecule has 1 aliphatic carbocycles. The number of ether oxygens (including phenoxy) is 1. The van der Waals surface area contributed by atoms with Crippen LogP contribution in [-0.4, -0.2) is 55.4 Å². The van der Waals surface area contributed by atoms with E-state index in [9.17, 15) is 23.1 Å². The molecule has 41 heavy (non-hydrogen) atoms. The van der Waals surface area contributed by atoms with Crippen molar-refractivity contribution in [2.24, 2.45) is 0 Å². The second-order valence-electron chi connectivity index (χ2n) is 9.93. The van der Waals surface area contributed by atoms with Gasteiger partial charge in [-0.05, 0) is 79.1 Å². The van der Waals surface area contributed by atoms with E-state index < -0.39 is 34.5 Å². The molecule has 1 aliphatic rings. The highest BCUT2D eigenvalue weighted by atomic mass is 79.9. The van der Waals surface area contributed by atoms with E-state index in [0.717, 1.165) is 29.1 Å². The quantitative estimate of drug-likeness (QED) is 0.244. The number of carbonyl (C=O) groups excluding carboxylic acids is 1. The Kier molecular flexibility index (Phi) is 10.8. The first-order valence-corrected chi connectivity index (χ1v) is 16.0. The zero-order chi connectivity index (χ0) is 29.4. The van der Waals surface area contributed by atoms with Crippen LogP contribution in [0.1, 0.15) is 36.0 Å². The maximum atomic E-state index is 13.7. The van der Waals surface area contributed by atoms with Crippen LogP contribution in [0.5, 0.6) is 5.75 Å². The van der Waals surface area contributed by atoms with Crippen LogP contribution in [0.3, 0.4) is 0 Å². The molecule has 3 aromatic carbocycles. The summed E-state index contributed by atoms with van der Waals surface area (Å²) in [6, 6.07) is 19.1. The third kappa shape index (κ3) is 8.78. The molecule has 0 aromatic heterocycles. The summed E-state index contributed by atoms with van der Waals surface area (Å²) >= 11 is 9.57. The molecule has 1 atom stereocenters. The van der Waals surface area contributed by atoms with Gasteiger partial charge in [-0.1, -0.05) is 63.9 Å². The van der Waals surface area contributed by atoms with Crippen molar-refractivity contribution in [3.05, 3.63) is 92.9 Å². The topological polar surface area (TPSA) is 113 Å². The van der Waals surface area contributed by atoms with Crippen LogP contribution in [0, 0.1) is 0 Å². The Labute approximate surface area is 253 Å². The van der Waals surface area contributed by atoms with E-state index in [1.54, 1.807) is 6.07 Å². The molecular formula is C30H32BrClN2O6S. The molecule has 0 saturated heterocycles. The average molecular weight is 664 g/mol. The summed E-state index contributed by atoms with van der Waals surface area (Å²) < 4.78 is 34.8. The Hall–Kier alpha value is -2.92. The van der Waals surface area contributed by atoms with Gasteiger partial charge in [0.05, 0.1) is 18.0 Å². The summed E-state index contributed by atoms with van der Waals surface area (Å²) in [6.07, 6.45) is 3.78. The predicted octanol–water partition coefficient (Wildman–Crippen LogP) is 5.25. The van der Waals surface area contributed by atoms with Crippen molar-refractivity contribution in [2.45, 2.75) is 49.5 Å². The number of nitrogens with zero attached hydrogens (tertiary/aromatic N) is 1. The lowest BCUT2D eigenvalue weighted by atomic mass is 10.0. The maximum Gasteiger partial charge on any atom is 0.305 e. The number of aryl methyl sites for hydroxylation is 3. The first-order chi connectivity index (χ1) is 19.6. The molecule has 11 heteroatoms. The number of rotatable bonds is 14. The smallest absolute Gasteiger partial charge is 0.305 e. The number of amides is 1. The summed E-state index contributed by atoms with van der Waals surface area (Å²) in [5.74, 6) is -1.03. The minimum atomic E-state index is -4.20. The number of carboxylic acid groups (broad SMARTS) is 1. The minimum Gasteiger partial charge on any atom is -0.492 e. The Morgan fingerprint density at radius 1 is 1.05 bits per heavy atom. The number of aliphatic carboxylic acids is 1. The second-order valence-corrected chi connectivity index (χ2v) is 13.2. The number of hydrogen-bond acceptors (Lipinski definition) is 5. The highest BCUT2D eigenvalue weighted by molar-refractivity contribution is 9.10. The summed E-state index contributed by atoms with van der Waals surface area (Å²) in [5.41, 5.74) is 3.54. The third-order valence-corrected chi connectivity index (χ3v) is 9.74. The van der Waals surface area contributed by atoms with Crippen molar-refractivity contribution in [3.63, 3.8) is 0 Å². The van der Waals surface area contributed by atoms with E-state index in [0.29, 0.717) is 23.1 Å². The van der Waals surface area contributed by atoms with Gasteiger partial charge in [-0.25, -0.2) is 8.42 Å². The molecule has 0 fully saturated rings. The van der Waals surface area contributed by atoms with Gasteiger partial charge in [0.25, 0.3) is 0 Å². The van der Waals surface area contributed by atoms with Gasteiger partial charge < -0.3 is 15.2 Å². The summed E-state index contributed by atoms with van der Waals surface area (Å²) in [6.45, 7) is -0.636. The van der Waals surface area contributed by atoms with Gasteiger partial charge in [-0.2, -0.15) is 4.31 Å². The van der Waals surface area contributed by atoms with Crippen molar-refractivity contribution < 1.29 is 27.9 Å². The van der Waals surface area contributed by atoms with Crippen LogP contribution in [0.4, 0.5) is 0 Å². The number of benzene rings is 3. The summed E-state index contributed by atoms with van der Waals surface area (Å²) in [4.78, 5) is 24.5. The molecule has 0 radical (unpaired) electrons. The molecule has 218 valence electrons. The Morgan fingerprint density at radius 3 is 2.54 bits per heavy atom. The molecule has 0 heterocycles. The molecular weight excluding hydrogens is 632 g/mol. The van der Waals surface area contributed by atoms with Crippen LogP contribution >= 0.6 is 27.5 Å². The lowest BCUT2D eigenvalue weighted by molar-refractivity contribution is -0.137. The number of carboxylic acids is 1. The molecule has 0 aliphatic heterocycles. The molecule has 0 spiro atoms. The largest absolute Gasteiger partial charge is 0.492 e. The molecule has 0 saturated carbocycles. The first-order valence-electron chi connectivity index (χ1n) is 13.4. The number of hydrogen-bond donors (Lipinski definition) is 2. The van der Waals surface area contributed by atoms with Crippen LogP contribution in [-0.2, 0) is 38.9 Å². The second kappa shape index (κ2) is 14.3. The highest BCUT2D eigenvalue weighted by Gasteiger charge is 2.30. The normalized spacial score (nSPS) is 13.5. The summed E-state index contributed by atoms with van der Waals surface area (Å²) in [5, 5.41) is 12.1. The number of fused-ring (bicyclic) bond motifs is 1. The van der Waals surface area contributed by atoms with Gasteiger partial charge in [-0.3, -0.25) is 9.59 Å². The minimum absolute atomic E-state index is 0.00596. The SMILES string of the molecule is O=C(O)CC(CCc1ccccc1)NC(=O)CN(CCOc1ccc2c(c1)CCC2)S(=O)(=O)c1ccc(Br)cc1Cl. The van der Waals surface area contributed by atoms with Crippen LogP contribution in [0.2, 0.25) is 5.02 Å². The van der Waals surface area contributed by atoms with Crippen molar-refractivity contribution in [1.82, 2.24) is 9.62 Å². The molecule has 1 unspecified atom stereocenters. The summed E-state index contributed by atoms with van der Waals surface area (Å²) in [7, 11) is -4.20. The van der Waals surface area contributed by atoms with E-state index in [4.69, 9.17) is 16.3 Å². The van der Waals surface area contributed by atoms with Gasteiger partial charge >= 0.3 is 5.97 Å². The zero-order valence-corrected chi connectivity index (χ0v) is 25.6. The van der Waals surface area contributed by atoms with E-state index in [1.165, 1.54) is 23.3 Å². The fraction of sp³-hybridized carbons (Fsp3) is 0.333. The van der Waals surface area contributed by atoms with Crippen LogP contribution in [0.15, 0.2) is 76.1 Å². The molecule has 2 N–H and O–H groups in total. The highest BCUT2D eigenvalue weighted by Crippen LogP contribution is 2.29. The van der Waals surface area contributed by atoms with E-state index in [-0.39, 0.29) is 29.5 Å². The predicted molar refractivity (Wildman–Crippen MR) is 161 cm³/mol. The molecule has 8 nitrogen and oxygen atoms in total. The number of nitrogens with one attached hydrogen (secondary N) is 1. The molecule has 3 aromatic rings. The van der Waals surface area contributed by atoms with E-state index in [2.05, 4.69) is 21.2 Å². The maximum absolute atomic E-state index is 13.7. The Bertz CT molecular complexity index is 1490. The third-order valence-electron chi connectivity index (χ3n) is 6.92.